The fourth-order valence-electron chi connectivity index (χ4n) is 1.78. The van der Waals surface area contributed by atoms with Crippen molar-refractivity contribution in [1.29, 1.82) is 0 Å². The number of nitrogens with two attached hydrogens (primary N) is 1. The van der Waals surface area contributed by atoms with Crippen molar-refractivity contribution in [1.82, 2.24) is 5.16 Å². The molecule has 20 heavy (non-hydrogen) atoms. The summed E-state index contributed by atoms with van der Waals surface area (Å²) < 4.78 is 5.03. The molecule has 1 heterocycles. The number of aryl methyl sites for hydroxylation is 1. The largest absolute Gasteiger partial charge is 0.393 e. The van der Waals surface area contributed by atoms with Gasteiger partial charge in [0.1, 0.15) is 0 Å². The Balaban J connectivity index is 2.26. The molecule has 1 aromatic heterocycles. The molecule has 6 heteroatoms. The van der Waals surface area contributed by atoms with Crippen LogP contribution in [-0.2, 0) is 0 Å². The lowest BCUT2D eigenvalue weighted by Gasteiger charge is -2.21. The SMILES string of the molecule is Cc1cc(C(=O)N(CCC(N)=S)c2ccccc2)on1. The zero-order valence-corrected chi connectivity index (χ0v) is 11.9. The molecule has 0 aliphatic carbocycles. The first kappa shape index (κ1) is 14.2. The zero-order valence-electron chi connectivity index (χ0n) is 11.1. The first-order chi connectivity index (χ1) is 9.58. The van der Waals surface area contributed by atoms with Gasteiger partial charge in [-0.05, 0) is 19.1 Å². The molecule has 2 aromatic rings. The summed E-state index contributed by atoms with van der Waals surface area (Å²) in [4.78, 5) is 14.4. The van der Waals surface area contributed by atoms with Crippen LogP contribution in [-0.4, -0.2) is 22.6 Å². The van der Waals surface area contributed by atoms with E-state index in [2.05, 4.69) is 5.16 Å². The van der Waals surface area contributed by atoms with Gasteiger partial charge >= 0.3 is 0 Å². The van der Waals surface area contributed by atoms with Gasteiger partial charge in [-0.1, -0.05) is 35.6 Å². The molecule has 0 unspecified atom stereocenters. The first-order valence-corrected chi connectivity index (χ1v) is 6.57. The highest BCUT2D eigenvalue weighted by Gasteiger charge is 2.21. The Kier molecular flexibility index (Phi) is 4.47. The molecular formula is C14H15N3O2S. The fraction of sp³-hybridized carbons (Fsp3) is 0.214. The Hall–Kier alpha value is -2.21. The third-order valence-corrected chi connectivity index (χ3v) is 2.94. The second-order valence-corrected chi connectivity index (χ2v) is 4.87. The summed E-state index contributed by atoms with van der Waals surface area (Å²) >= 11 is 4.88. The van der Waals surface area contributed by atoms with Crippen molar-refractivity contribution >= 4 is 28.8 Å². The minimum absolute atomic E-state index is 0.203. The highest BCUT2D eigenvalue weighted by molar-refractivity contribution is 7.80. The van der Waals surface area contributed by atoms with E-state index >= 15 is 0 Å². The van der Waals surface area contributed by atoms with E-state index < -0.39 is 0 Å². The number of para-hydroxylation sites is 1. The molecule has 0 aliphatic rings. The fourth-order valence-corrected chi connectivity index (χ4v) is 1.87. The topological polar surface area (TPSA) is 72.4 Å². The molecule has 104 valence electrons. The van der Waals surface area contributed by atoms with Crippen LogP contribution in [0, 0.1) is 6.92 Å². The molecule has 5 nitrogen and oxygen atoms in total. The van der Waals surface area contributed by atoms with Crippen LogP contribution >= 0.6 is 12.2 Å². The van der Waals surface area contributed by atoms with Gasteiger partial charge in [-0.3, -0.25) is 4.79 Å². The van der Waals surface area contributed by atoms with Gasteiger partial charge in [0, 0.05) is 24.7 Å². The van der Waals surface area contributed by atoms with Crippen molar-refractivity contribution in [2.24, 2.45) is 5.73 Å². The average molecular weight is 289 g/mol. The maximum atomic E-state index is 12.5. The standard InChI is InChI=1S/C14H15N3O2S/c1-10-9-12(19-16-10)14(18)17(8-7-13(15)20)11-5-3-2-4-6-11/h2-6,9H,7-8H2,1H3,(H2,15,20). The molecule has 0 aliphatic heterocycles. The molecule has 0 saturated carbocycles. The number of hydrogen-bond acceptors (Lipinski definition) is 4. The minimum atomic E-state index is -0.256. The summed E-state index contributed by atoms with van der Waals surface area (Å²) in [6.07, 6.45) is 0.448. The first-order valence-electron chi connectivity index (χ1n) is 6.16. The highest BCUT2D eigenvalue weighted by Crippen LogP contribution is 2.17. The van der Waals surface area contributed by atoms with Crippen LogP contribution in [0.1, 0.15) is 22.7 Å². The summed E-state index contributed by atoms with van der Waals surface area (Å²) in [6, 6.07) is 10.9. The molecule has 2 N–H and O–H groups in total. The van der Waals surface area contributed by atoms with Crippen LogP contribution in [0.2, 0.25) is 0 Å². The molecular weight excluding hydrogens is 274 g/mol. The minimum Gasteiger partial charge on any atom is -0.393 e. The van der Waals surface area contributed by atoms with Crippen LogP contribution < -0.4 is 10.6 Å². The predicted octanol–water partition coefficient (Wildman–Crippen LogP) is 2.31. The Morgan fingerprint density at radius 3 is 2.65 bits per heavy atom. The van der Waals surface area contributed by atoms with E-state index in [0.29, 0.717) is 23.6 Å². The van der Waals surface area contributed by atoms with Gasteiger partial charge in [0.15, 0.2) is 0 Å². The van der Waals surface area contributed by atoms with Crippen molar-refractivity contribution in [3.05, 3.63) is 47.9 Å². The second kappa shape index (κ2) is 6.29. The van der Waals surface area contributed by atoms with Gasteiger partial charge in [0.2, 0.25) is 5.76 Å². The van der Waals surface area contributed by atoms with Crippen LogP contribution in [0.3, 0.4) is 0 Å². The molecule has 0 radical (unpaired) electrons. The molecule has 0 fully saturated rings. The average Bonchev–Trinajstić information content (AvgIpc) is 2.86. The second-order valence-electron chi connectivity index (χ2n) is 4.34. The third-order valence-electron chi connectivity index (χ3n) is 2.73. The summed E-state index contributed by atoms with van der Waals surface area (Å²) in [5.41, 5.74) is 6.95. The number of aromatic nitrogens is 1. The van der Waals surface area contributed by atoms with Gasteiger partial charge in [-0.25, -0.2) is 0 Å². The third kappa shape index (κ3) is 3.42. The van der Waals surface area contributed by atoms with E-state index in [4.69, 9.17) is 22.5 Å². The van der Waals surface area contributed by atoms with E-state index in [0.717, 1.165) is 5.69 Å². The summed E-state index contributed by atoms with van der Waals surface area (Å²) in [5, 5.41) is 3.74. The molecule has 1 aromatic carbocycles. The van der Waals surface area contributed by atoms with Gasteiger partial charge in [-0.2, -0.15) is 0 Å². The van der Waals surface area contributed by atoms with Gasteiger partial charge < -0.3 is 15.2 Å². The van der Waals surface area contributed by atoms with Gasteiger partial charge in [0.05, 0.1) is 10.7 Å². The molecule has 0 atom stereocenters. The zero-order chi connectivity index (χ0) is 14.5. The van der Waals surface area contributed by atoms with E-state index in [-0.39, 0.29) is 11.7 Å². The van der Waals surface area contributed by atoms with Gasteiger partial charge in [0.25, 0.3) is 5.91 Å². The number of thiocarbonyl (C=S) groups is 1. The van der Waals surface area contributed by atoms with Crippen molar-refractivity contribution in [2.75, 3.05) is 11.4 Å². The number of carbonyl (C=O) groups is 1. The Morgan fingerprint density at radius 1 is 1.40 bits per heavy atom. The van der Waals surface area contributed by atoms with E-state index in [9.17, 15) is 4.79 Å². The number of nitrogens with zero attached hydrogens (tertiary/aromatic N) is 2. The summed E-state index contributed by atoms with van der Waals surface area (Å²) in [7, 11) is 0. The number of benzene rings is 1. The predicted molar refractivity (Wildman–Crippen MR) is 80.8 cm³/mol. The van der Waals surface area contributed by atoms with Crippen molar-refractivity contribution in [3.63, 3.8) is 0 Å². The van der Waals surface area contributed by atoms with Gasteiger partial charge in [-0.15, -0.1) is 0 Å². The van der Waals surface area contributed by atoms with Crippen LogP contribution in [0.15, 0.2) is 40.9 Å². The molecule has 0 bridgehead atoms. The quantitative estimate of drug-likeness (QED) is 0.855. The van der Waals surface area contributed by atoms with E-state index in [1.807, 2.05) is 30.3 Å². The van der Waals surface area contributed by atoms with Crippen molar-refractivity contribution in [3.8, 4) is 0 Å². The smallest absolute Gasteiger partial charge is 0.296 e. The number of amides is 1. The Bertz CT molecular complexity index is 610. The normalized spacial score (nSPS) is 10.2. The molecule has 2 rings (SSSR count). The van der Waals surface area contributed by atoms with Crippen molar-refractivity contribution in [2.45, 2.75) is 13.3 Å². The number of hydrogen-bond donors (Lipinski definition) is 1. The lowest BCUT2D eigenvalue weighted by Crippen LogP contribution is -2.33. The lowest BCUT2D eigenvalue weighted by molar-refractivity contribution is 0.0952. The number of rotatable bonds is 5. The van der Waals surface area contributed by atoms with Crippen LogP contribution in [0.4, 0.5) is 5.69 Å². The van der Waals surface area contributed by atoms with E-state index in [1.165, 1.54) is 0 Å². The van der Waals surface area contributed by atoms with Crippen LogP contribution in [0.5, 0.6) is 0 Å². The Labute approximate surface area is 122 Å². The lowest BCUT2D eigenvalue weighted by atomic mass is 10.2. The number of carbonyl (C=O) groups excluding carboxylic acids is 1. The molecule has 1 amide bonds. The van der Waals surface area contributed by atoms with E-state index in [1.54, 1.807) is 17.9 Å². The summed E-state index contributed by atoms with van der Waals surface area (Å²) in [6.45, 7) is 2.17. The molecule has 0 saturated heterocycles. The number of anilines is 1. The highest BCUT2D eigenvalue weighted by atomic mass is 32.1. The molecule has 0 spiro atoms. The summed E-state index contributed by atoms with van der Waals surface area (Å²) in [5.74, 6) is -0.0534. The van der Waals surface area contributed by atoms with Crippen molar-refractivity contribution < 1.29 is 9.32 Å². The van der Waals surface area contributed by atoms with Crippen LogP contribution in [0.25, 0.3) is 0 Å². The maximum absolute atomic E-state index is 12.5. The Morgan fingerprint density at radius 2 is 2.10 bits per heavy atom. The maximum Gasteiger partial charge on any atom is 0.296 e. The monoisotopic (exact) mass is 289 g/mol.